The van der Waals surface area contributed by atoms with E-state index in [0.717, 1.165) is 0 Å². The topological polar surface area (TPSA) is 268 Å². The molecule has 0 heterocycles. The van der Waals surface area contributed by atoms with Crippen molar-refractivity contribution < 1.29 is 48.9 Å². The highest BCUT2D eigenvalue weighted by Crippen LogP contribution is 2.03. The van der Waals surface area contributed by atoms with Gasteiger partial charge in [0, 0.05) is 6.42 Å². The fourth-order valence-corrected chi connectivity index (χ4v) is 2.16. The molecule has 10 N–H and O–H groups in total. The number of nitrogens with two attached hydrogens (primary N) is 2. The second-order valence-electron chi connectivity index (χ2n) is 6.51. The van der Waals surface area contributed by atoms with Crippen molar-refractivity contribution in [1.82, 2.24) is 16.0 Å². The molecule has 0 aliphatic rings. The fraction of sp³-hybridized carbons (Fsp3) is 0.562. The Morgan fingerprint density at radius 3 is 1.45 bits per heavy atom. The zero-order chi connectivity index (χ0) is 24.3. The van der Waals surface area contributed by atoms with Gasteiger partial charge in [-0.05, 0) is 13.3 Å². The van der Waals surface area contributed by atoms with Crippen LogP contribution < -0.4 is 27.4 Å². The van der Waals surface area contributed by atoms with Crippen molar-refractivity contribution in [2.45, 2.75) is 56.8 Å². The first-order valence-corrected chi connectivity index (χ1v) is 8.86. The average Bonchev–Trinajstić information content (AvgIpc) is 2.62. The summed E-state index contributed by atoms with van der Waals surface area (Å²) >= 11 is 0. The molecule has 174 valence electrons. The van der Waals surface area contributed by atoms with Crippen molar-refractivity contribution in [2.24, 2.45) is 11.5 Å². The highest BCUT2D eigenvalue weighted by Gasteiger charge is 2.32. The van der Waals surface area contributed by atoms with Crippen LogP contribution in [-0.2, 0) is 33.6 Å². The first-order chi connectivity index (χ1) is 14.2. The van der Waals surface area contributed by atoms with Crippen LogP contribution in [0.2, 0.25) is 0 Å². The van der Waals surface area contributed by atoms with Gasteiger partial charge in [-0.3, -0.25) is 28.8 Å². The number of aliphatic carboxylic acids is 3. The third-order valence-electron chi connectivity index (χ3n) is 3.73. The van der Waals surface area contributed by atoms with Gasteiger partial charge < -0.3 is 42.7 Å². The van der Waals surface area contributed by atoms with E-state index in [9.17, 15) is 33.6 Å². The lowest BCUT2D eigenvalue weighted by Gasteiger charge is -2.23. The van der Waals surface area contributed by atoms with Crippen molar-refractivity contribution in [2.75, 3.05) is 0 Å². The number of carbonyl (C=O) groups is 7. The van der Waals surface area contributed by atoms with Gasteiger partial charge in [0.25, 0.3) is 0 Å². The highest BCUT2D eigenvalue weighted by molar-refractivity contribution is 5.96. The zero-order valence-corrected chi connectivity index (χ0v) is 16.5. The molecular formula is C16H25N5O10. The van der Waals surface area contributed by atoms with E-state index in [0.29, 0.717) is 0 Å². The van der Waals surface area contributed by atoms with E-state index in [1.165, 1.54) is 6.92 Å². The average molecular weight is 447 g/mol. The van der Waals surface area contributed by atoms with Crippen LogP contribution in [0, 0.1) is 0 Å². The maximum Gasteiger partial charge on any atom is 0.326 e. The predicted octanol–water partition coefficient (Wildman–Crippen LogP) is -3.91. The lowest BCUT2D eigenvalue weighted by Crippen LogP contribution is -2.57. The molecule has 0 radical (unpaired) electrons. The minimum absolute atomic E-state index is 0.392. The van der Waals surface area contributed by atoms with Crippen molar-refractivity contribution in [3.63, 3.8) is 0 Å². The maximum absolute atomic E-state index is 12.4. The molecule has 15 heteroatoms. The van der Waals surface area contributed by atoms with E-state index >= 15 is 0 Å². The second kappa shape index (κ2) is 12.7. The minimum Gasteiger partial charge on any atom is -0.481 e. The lowest BCUT2D eigenvalue weighted by molar-refractivity contribution is -0.145. The number of amides is 4. The Kier molecular flexibility index (Phi) is 11.2. The molecule has 0 aromatic carbocycles. The number of primary amides is 1. The van der Waals surface area contributed by atoms with Crippen molar-refractivity contribution in [1.29, 1.82) is 0 Å². The third kappa shape index (κ3) is 11.1. The number of carboxylic acids is 3. The first-order valence-electron chi connectivity index (χ1n) is 8.86. The van der Waals surface area contributed by atoms with Gasteiger partial charge in [0.1, 0.15) is 18.1 Å². The SMILES string of the molecule is CC(N)C(=O)NC(CC(=O)O)C(=O)NC(CC(=O)O)C(=O)NC(CCC(N)=O)C(=O)O. The summed E-state index contributed by atoms with van der Waals surface area (Å²) in [5, 5.41) is 33.0. The molecule has 31 heavy (non-hydrogen) atoms. The number of nitrogens with one attached hydrogen (secondary N) is 3. The Hall–Kier alpha value is -3.75. The van der Waals surface area contributed by atoms with Crippen LogP contribution in [0.3, 0.4) is 0 Å². The molecule has 0 aliphatic carbocycles. The molecule has 0 aliphatic heterocycles. The van der Waals surface area contributed by atoms with Gasteiger partial charge in [-0.15, -0.1) is 0 Å². The van der Waals surface area contributed by atoms with Gasteiger partial charge in [0.2, 0.25) is 23.6 Å². The van der Waals surface area contributed by atoms with E-state index in [4.69, 9.17) is 26.8 Å². The molecule has 0 rings (SSSR count). The van der Waals surface area contributed by atoms with Crippen LogP contribution in [0.4, 0.5) is 0 Å². The number of rotatable bonds is 14. The van der Waals surface area contributed by atoms with Gasteiger partial charge in [-0.1, -0.05) is 0 Å². The van der Waals surface area contributed by atoms with Crippen LogP contribution in [-0.4, -0.2) is 81.0 Å². The van der Waals surface area contributed by atoms with Crippen LogP contribution in [0.1, 0.15) is 32.6 Å². The molecule has 0 aromatic heterocycles. The van der Waals surface area contributed by atoms with Crippen LogP contribution >= 0.6 is 0 Å². The summed E-state index contributed by atoms with van der Waals surface area (Å²) < 4.78 is 0. The van der Waals surface area contributed by atoms with Crippen molar-refractivity contribution in [3.8, 4) is 0 Å². The number of carboxylic acid groups (broad SMARTS) is 3. The molecule has 4 amide bonds. The Balaban J connectivity index is 5.47. The van der Waals surface area contributed by atoms with Gasteiger partial charge in [-0.25, -0.2) is 4.79 Å². The zero-order valence-electron chi connectivity index (χ0n) is 16.5. The molecule has 0 saturated heterocycles. The Morgan fingerprint density at radius 1 is 0.742 bits per heavy atom. The van der Waals surface area contributed by atoms with E-state index in [1.807, 2.05) is 10.6 Å². The molecule has 0 fully saturated rings. The summed E-state index contributed by atoms with van der Waals surface area (Å²) in [6.45, 7) is 1.27. The van der Waals surface area contributed by atoms with Gasteiger partial charge >= 0.3 is 17.9 Å². The highest BCUT2D eigenvalue weighted by atomic mass is 16.4. The Morgan fingerprint density at radius 2 is 1.13 bits per heavy atom. The lowest BCUT2D eigenvalue weighted by atomic mass is 10.1. The summed E-state index contributed by atoms with van der Waals surface area (Å²) in [6, 6.07) is -6.21. The molecular weight excluding hydrogens is 422 g/mol. The van der Waals surface area contributed by atoms with E-state index in [1.54, 1.807) is 0 Å². The molecule has 0 aromatic rings. The summed E-state index contributed by atoms with van der Waals surface area (Å²) in [4.78, 5) is 80.5. The van der Waals surface area contributed by atoms with Crippen LogP contribution in [0.5, 0.6) is 0 Å². The predicted molar refractivity (Wildman–Crippen MR) is 100 cm³/mol. The summed E-state index contributed by atoms with van der Waals surface area (Å²) in [5.41, 5.74) is 10.3. The molecule has 4 atom stereocenters. The van der Waals surface area contributed by atoms with E-state index in [-0.39, 0.29) is 0 Å². The first kappa shape index (κ1) is 27.2. The molecule has 0 spiro atoms. The quantitative estimate of drug-likeness (QED) is 0.127. The minimum atomic E-state index is -1.82. The number of hydrogen-bond acceptors (Lipinski definition) is 8. The monoisotopic (exact) mass is 447 g/mol. The van der Waals surface area contributed by atoms with E-state index in [2.05, 4.69) is 5.32 Å². The summed E-state index contributed by atoms with van der Waals surface area (Å²) in [6.07, 6.45) is -2.67. The normalized spacial score (nSPS) is 14.3. The maximum atomic E-state index is 12.4. The third-order valence-corrected chi connectivity index (χ3v) is 3.73. The number of hydrogen-bond donors (Lipinski definition) is 8. The standard InChI is InChI=1S/C16H25N5O10/c1-6(17)13(27)20-8(4-11(23)24)15(29)21-9(5-12(25)26)14(28)19-7(16(30)31)2-3-10(18)22/h6-9H,2-5,17H2,1H3,(H2,18,22)(H,19,28)(H,20,27)(H,21,29)(H,23,24)(H,25,26)(H,30,31). The Labute approximate surface area is 175 Å². The van der Waals surface area contributed by atoms with Crippen molar-refractivity contribution in [3.05, 3.63) is 0 Å². The molecule has 15 nitrogen and oxygen atoms in total. The molecule has 4 unspecified atom stereocenters. The molecule has 0 saturated carbocycles. The fourth-order valence-electron chi connectivity index (χ4n) is 2.16. The summed E-state index contributed by atoms with van der Waals surface area (Å²) in [5.74, 6) is -8.71. The summed E-state index contributed by atoms with van der Waals surface area (Å²) in [7, 11) is 0. The van der Waals surface area contributed by atoms with Gasteiger partial charge in [0.15, 0.2) is 0 Å². The van der Waals surface area contributed by atoms with Crippen LogP contribution in [0.15, 0.2) is 0 Å². The van der Waals surface area contributed by atoms with Crippen LogP contribution in [0.25, 0.3) is 0 Å². The Bertz CT molecular complexity index is 738. The van der Waals surface area contributed by atoms with E-state index < -0.39 is 91.4 Å². The van der Waals surface area contributed by atoms with Gasteiger partial charge in [-0.2, -0.15) is 0 Å². The largest absolute Gasteiger partial charge is 0.481 e. The molecule has 0 bridgehead atoms. The smallest absolute Gasteiger partial charge is 0.326 e. The second-order valence-corrected chi connectivity index (χ2v) is 6.51. The van der Waals surface area contributed by atoms with Crippen molar-refractivity contribution >= 4 is 41.5 Å². The number of carbonyl (C=O) groups excluding carboxylic acids is 4. The van der Waals surface area contributed by atoms with Gasteiger partial charge in [0.05, 0.1) is 18.9 Å².